The highest BCUT2D eigenvalue weighted by molar-refractivity contribution is 5.79. The van der Waals surface area contributed by atoms with Crippen molar-refractivity contribution in [1.29, 1.82) is 0 Å². The van der Waals surface area contributed by atoms with E-state index in [0.29, 0.717) is 5.75 Å². The molecule has 7 heteroatoms. The zero-order valence-electron chi connectivity index (χ0n) is 14.5. The van der Waals surface area contributed by atoms with Crippen LogP contribution in [-0.2, 0) is 4.79 Å². The monoisotopic (exact) mass is 344 g/mol. The molecule has 0 saturated carbocycles. The highest BCUT2D eigenvalue weighted by Gasteiger charge is 2.53. The van der Waals surface area contributed by atoms with E-state index in [1.165, 1.54) is 18.2 Å². The summed E-state index contributed by atoms with van der Waals surface area (Å²) in [4.78, 5) is 11.6. The second-order valence-electron chi connectivity index (χ2n) is 7.63. The van der Waals surface area contributed by atoms with Gasteiger partial charge in [0.1, 0.15) is 11.4 Å². The van der Waals surface area contributed by atoms with Crippen LogP contribution in [0.15, 0.2) is 24.3 Å². The number of nitrogens with zero attached hydrogens (tertiary/aromatic N) is 1. The zero-order chi connectivity index (χ0) is 18.3. The van der Waals surface area contributed by atoms with E-state index >= 15 is 0 Å². The second-order valence-corrected chi connectivity index (χ2v) is 7.63. The molecule has 1 N–H and O–H groups in total. The highest BCUT2D eigenvalue weighted by Crippen LogP contribution is 2.43. The minimum absolute atomic E-state index is 0.0117. The molecule has 1 heterocycles. The number of carbonyl (C=O) groups excluding carboxylic acids is 1. The second kappa shape index (κ2) is 5.95. The molecule has 1 aromatic rings. The number of ether oxygens (including phenoxy) is 1. The molecule has 0 spiro atoms. The molecule has 1 aliphatic rings. The fourth-order valence-electron chi connectivity index (χ4n) is 2.80. The molecule has 0 aromatic heterocycles. The van der Waals surface area contributed by atoms with Crippen molar-refractivity contribution in [3.05, 3.63) is 29.8 Å². The van der Waals surface area contributed by atoms with Gasteiger partial charge in [-0.1, -0.05) is 12.1 Å². The van der Waals surface area contributed by atoms with E-state index in [2.05, 4.69) is 5.43 Å². The smallest absolute Gasteiger partial charge is 0.409 e. The van der Waals surface area contributed by atoms with Crippen molar-refractivity contribution < 1.29 is 22.7 Å². The van der Waals surface area contributed by atoms with Crippen LogP contribution in [0.4, 0.5) is 13.2 Å². The van der Waals surface area contributed by atoms with Gasteiger partial charge in [-0.2, -0.15) is 18.2 Å². The van der Waals surface area contributed by atoms with Crippen LogP contribution in [0.5, 0.6) is 5.75 Å². The summed E-state index contributed by atoms with van der Waals surface area (Å²) in [6.07, 6.45) is -4.53. The molecule has 1 aliphatic heterocycles. The van der Waals surface area contributed by atoms with E-state index in [1.54, 1.807) is 19.9 Å². The van der Waals surface area contributed by atoms with E-state index in [1.807, 2.05) is 20.8 Å². The number of hydrogen-bond acceptors (Lipinski definition) is 3. The molecule has 0 radical (unpaired) electrons. The van der Waals surface area contributed by atoms with Crippen molar-refractivity contribution >= 4 is 5.91 Å². The minimum Gasteiger partial charge on any atom is -0.488 e. The van der Waals surface area contributed by atoms with Gasteiger partial charge in [0.2, 0.25) is 5.91 Å². The third kappa shape index (κ3) is 4.20. The Morgan fingerprint density at radius 3 is 2.33 bits per heavy atom. The molecule has 1 saturated heterocycles. The number of carbonyl (C=O) groups is 1. The lowest BCUT2D eigenvalue weighted by molar-refractivity contribution is -0.203. The molecule has 2 rings (SSSR count). The normalized spacial score (nSPS) is 19.9. The van der Waals surface area contributed by atoms with Gasteiger partial charge in [-0.25, -0.2) is 0 Å². The maximum atomic E-state index is 13.8. The number of rotatable bonds is 3. The minimum atomic E-state index is -4.55. The highest BCUT2D eigenvalue weighted by atomic mass is 19.4. The van der Waals surface area contributed by atoms with Crippen LogP contribution >= 0.6 is 0 Å². The van der Waals surface area contributed by atoms with E-state index in [0.717, 1.165) is 5.01 Å². The Hall–Kier alpha value is -1.76. The van der Waals surface area contributed by atoms with Gasteiger partial charge in [0.25, 0.3) is 0 Å². The Morgan fingerprint density at radius 2 is 1.88 bits per heavy atom. The fourth-order valence-corrected chi connectivity index (χ4v) is 2.80. The number of halogens is 3. The van der Waals surface area contributed by atoms with E-state index < -0.39 is 29.3 Å². The average molecular weight is 344 g/mol. The summed E-state index contributed by atoms with van der Waals surface area (Å²) in [5.74, 6) is -0.0612. The van der Waals surface area contributed by atoms with Gasteiger partial charge < -0.3 is 4.74 Å². The van der Waals surface area contributed by atoms with Crippen LogP contribution in [-0.4, -0.2) is 28.2 Å². The Balaban J connectivity index is 2.43. The molecule has 134 valence electrons. The molecule has 1 aromatic carbocycles. The summed E-state index contributed by atoms with van der Waals surface area (Å²) in [6, 6.07) is 3.98. The topological polar surface area (TPSA) is 41.6 Å². The molecule has 24 heavy (non-hydrogen) atoms. The van der Waals surface area contributed by atoms with Gasteiger partial charge in [-0.3, -0.25) is 10.2 Å². The standard InChI is InChI=1S/C17H23F3N2O2/c1-15(2,3)24-12-8-6-7-11(9-12)14(17(18,19)20)22-16(4,5)10-13(23)21-22/h6-9,14H,10H2,1-5H3,(H,21,23)/t14-/m0/s1. The van der Waals surface area contributed by atoms with Crippen molar-refractivity contribution in [2.75, 3.05) is 0 Å². The maximum Gasteiger partial charge on any atom is 0.409 e. The first kappa shape index (κ1) is 18.6. The molecule has 1 amide bonds. The van der Waals surface area contributed by atoms with Crippen LogP contribution in [0.2, 0.25) is 0 Å². The summed E-state index contributed by atoms with van der Waals surface area (Å²) in [5, 5.41) is 0.992. The molecule has 1 atom stereocenters. The third-order valence-corrected chi connectivity index (χ3v) is 3.66. The molecule has 1 fully saturated rings. The zero-order valence-corrected chi connectivity index (χ0v) is 14.5. The van der Waals surface area contributed by atoms with Crippen molar-refractivity contribution in [1.82, 2.24) is 10.4 Å². The predicted molar refractivity (Wildman–Crippen MR) is 84.3 cm³/mol. The molecule has 0 aliphatic carbocycles. The van der Waals surface area contributed by atoms with Gasteiger partial charge >= 0.3 is 6.18 Å². The lowest BCUT2D eigenvalue weighted by atomic mass is 9.97. The average Bonchev–Trinajstić information content (AvgIpc) is 2.59. The van der Waals surface area contributed by atoms with Crippen molar-refractivity contribution in [2.45, 2.75) is 64.4 Å². The first-order valence-corrected chi connectivity index (χ1v) is 7.74. The molecular formula is C17H23F3N2O2. The first-order chi connectivity index (χ1) is 10.8. The Labute approximate surface area is 139 Å². The van der Waals surface area contributed by atoms with Gasteiger partial charge in [0.15, 0.2) is 6.04 Å². The summed E-state index contributed by atoms with van der Waals surface area (Å²) >= 11 is 0. The number of amides is 1. The quantitative estimate of drug-likeness (QED) is 0.902. The van der Waals surface area contributed by atoms with Crippen LogP contribution in [0.1, 0.15) is 52.6 Å². The van der Waals surface area contributed by atoms with Gasteiger partial charge in [0, 0.05) is 12.0 Å². The van der Waals surface area contributed by atoms with Crippen LogP contribution < -0.4 is 10.2 Å². The van der Waals surface area contributed by atoms with E-state index in [4.69, 9.17) is 4.74 Å². The van der Waals surface area contributed by atoms with Crippen molar-refractivity contribution in [3.8, 4) is 5.75 Å². The van der Waals surface area contributed by atoms with Crippen LogP contribution in [0.25, 0.3) is 0 Å². The molecule has 4 nitrogen and oxygen atoms in total. The van der Waals surface area contributed by atoms with Gasteiger partial charge in [-0.05, 0) is 52.3 Å². The Morgan fingerprint density at radius 1 is 1.25 bits per heavy atom. The number of benzene rings is 1. The summed E-state index contributed by atoms with van der Waals surface area (Å²) in [6.45, 7) is 8.69. The third-order valence-electron chi connectivity index (χ3n) is 3.66. The number of hydrazine groups is 1. The largest absolute Gasteiger partial charge is 0.488 e. The summed E-state index contributed by atoms with van der Waals surface area (Å²) in [5.41, 5.74) is 0.911. The first-order valence-electron chi connectivity index (χ1n) is 7.74. The van der Waals surface area contributed by atoms with E-state index in [9.17, 15) is 18.0 Å². The SMILES string of the molecule is CC(C)(C)Oc1cccc([C@H](N2NC(=O)CC2(C)C)C(F)(F)F)c1. The van der Waals surface area contributed by atoms with Crippen LogP contribution in [0.3, 0.4) is 0 Å². The lowest BCUT2D eigenvalue weighted by Gasteiger charge is -2.38. The lowest BCUT2D eigenvalue weighted by Crippen LogP contribution is -2.51. The van der Waals surface area contributed by atoms with Gasteiger partial charge in [0.05, 0.1) is 0 Å². The number of hydrogen-bond donors (Lipinski definition) is 1. The summed E-state index contributed by atoms with van der Waals surface area (Å²) < 4.78 is 47.0. The predicted octanol–water partition coefficient (Wildman–Crippen LogP) is 3.98. The summed E-state index contributed by atoms with van der Waals surface area (Å²) in [7, 11) is 0. The number of alkyl halides is 3. The van der Waals surface area contributed by atoms with Crippen LogP contribution in [0, 0.1) is 0 Å². The number of nitrogens with one attached hydrogen (secondary N) is 1. The fraction of sp³-hybridized carbons (Fsp3) is 0.588. The Kier molecular flexibility index (Phi) is 4.61. The molecule has 0 bridgehead atoms. The van der Waals surface area contributed by atoms with Crippen molar-refractivity contribution in [2.24, 2.45) is 0 Å². The molecular weight excluding hydrogens is 321 g/mol. The maximum absolute atomic E-state index is 13.8. The van der Waals surface area contributed by atoms with Gasteiger partial charge in [-0.15, -0.1) is 0 Å². The van der Waals surface area contributed by atoms with Crippen molar-refractivity contribution in [3.63, 3.8) is 0 Å². The van der Waals surface area contributed by atoms with E-state index in [-0.39, 0.29) is 12.0 Å². The molecule has 0 unspecified atom stereocenters. The Bertz CT molecular complexity index is 621.